The molecule has 0 bridgehead atoms. The van der Waals surface area contributed by atoms with Crippen LogP contribution in [0.3, 0.4) is 0 Å². The number of fused-ring (bicyclic) bond motifs is 1. The van der Waals surface area contributed by atoms with Crippen LogP contribution in [0.25, 0.3) is 0 Å². The summed E-state index contributed by atoms with van der Waals surface area (Å²) in [6.45, 7) is 0.0871. The molecule has 0 amide bonds. The van der Waals surface area contributed by atoms with Gasteiger partial charge in [-0.05, 0) is 12.1 Å². The Morgan fingerprint density at radius 2 is 1.74 bits per heavy atom. The molecule has 0 radical (unpaired) electrons. The Morgan fingerprint density at radius 3 is 2.47 bits per heavy atom. The summed E-state index contributed by atoms with van der Waals surface area (Å²) < 4.78 is 34.9. The van der Waals surface area contributed by atoms with Crippen molar-refractivity contribution in [1.29, 1.82) is 0 Å². The molecule has 0 aliphatic carbocycles. The normalized spacial score (nSPS) is 13.5. The summed E-state index contributed by atoms with van der Waals surface area (Å²) in [5, 5.41) is 0. The number of nitrogen functional groups attached to an aromatic ring is 1. The first-order chi connectivity index (χ1) is 9.07. The summed E-state index contributed by atoms with van der Waals surface area (Å²) >= 11 is 0. The summed E-state index contributed by atoms with van der Waals surface area (Å²) in [6.07, 6.45) is 2.34. The molecule has 1 aromatic heterocycles. The highest BCUT2D eigenvalue weighted by molar-refractivity contribution is 7.91. The van der Waals surface area contributed by atoms with E-state index in [1.54, 1.807) is 6.07 Å². The zero-order valence-corrected chi connectivity index (χ0v) is 10.4. The third-order valence-corrected chi connectivity index (χ3v) is 4.32. The number of hydrogen-bond acceptors (Lipinski definition) is 7. The van der Waals surface area contributed by atoms with E-state index in [1.807, 2.05) is 0 Å². The molecule has 0 saturated carbocycles. The number of ether oxygens (including phenoxy) is 2. The first kappa shape index (κ1) is 11.7. The molecule has 0 fully saturated rings. The fourth-order valence-electron chi connectivity index (χ4n) is 1.65. The molecular formula is C11H9N3O4S. The molecule has 7 nitrogen and oxygen atoms in total. The van der Waals surface area contributed by atoms with E-state index >= 15 is 0 Å². The van der Waals surface area contributed by atoms with Gasteiger partial charge < -0.3 is 15.2 Å². The van der Waals surface area contributed by atoms with E-state index in [1.165, 1.54) is 24.5 Å². The number of hydrogen-bond donors (Lipinski definition) is 1. The minimum atomic E-state index is -3.69. The topological polar surface area (TPSA) is 104 Å². The van der Waals surface area contributed by atoms with Gasteiger partial charge in [-0.15, -0.1) is 0 Å². The lowest BCUT2D eigenvalue weighted by atomic mass is 10.3. The van der Waals surface area contributed by atoms with Gasteiger partial charge in [-0.2, -0.15) is 0 Å². The van der Waals surface area contributed by atoms with Gasteiger partial charge in [0.05, 0.1) is 17.3 Å². The third kappa shape index (κ3) is 1.95. The van der Waals surface area contributed by atoms with E-state index in [0.29, 0.717) is 11.5 Å². The van der Waals surface area contributed by atoms with Crippen LogP contribution in [0.4, 0.5) is 5.95 Å². The van der Waals surface area contributed by atoms with Crippen molar-refractivity contribution >= 4 is 15.8 Å². The Hall–Kier alpha value is -2.35. The third-order valence-electron chi connectivity index (χ3n) is 2.61. The molecule has 1 aliphatic heterocycles. The quantitative estimate of drug-likeness (QED) is 0.859. The van der Waals surface area contributed by atoms with Gasteiger partial charge in [-0.25, -0.2) is 18.4 Å². The molecule has 0 saturated heterocycles. The first-order valence-electron chi connectivity index (χ1n) is 5.29. The maximum atomic E-state index is 12.3. The number of nitrogens with two attached hydrogens (primary N) is 1. The predicted molar refractivity (Wildman–Crippen MR) is 64.5 cm³/mol. The maximum Gasteiger partial charge on any atom is 0.231 e. The molecule has 19 heavy (non-hydrogen) atoms. The minimum absolute atomic E-state index is 0.0182. The lowest BCUT2D eigenvalue weighted by Crippen LogP contribution is -2.04. The Balaban J connectivity index is 2.07. The van der Waals surface area contributed by atoms with E-state index in [0.717, 1.165) is 0 Å². The Kier molecular flexibility index (Phi) is 2.53. The molecule has 8 heteroatoms. The number of nitrogens with zero attached hydrogens (tertiary/aromatic N) is 2. The molecule has 98 valence electrons. The van der Waals surface area contributed by atoms with Crippen molar-refractivity contribution in [3.63, 3.8) is 0 Å². The molecule has 2 N–H and O–H groups in total. The molecule has 1 aromatic carbocycles. The van der Waals surface area contributed by atoms with Crippen LogP contribution in [-0.2, 0) is 9.84 Å². The Bertz CT molecular complexity index is 728. The molecule has 0 unspecified atom stereocenters. The van der Waals surface area contributed by atoms with Gasteiger partial charge in [0.25, 0.3) is 0 Å². The Labute approximate surface area is 108 Å². The van der Waals surface area contributed by atoms with Crippen molar-refractivity contribution in [3.8, 4) is 11.5 Å². The van der Waals surface area contributed by atoms with Crippen LogP contribution < -0.4 is 15.2 Å². The van der Waals surface area contributed by atoms with Gasteiger partial charge in [-0.1, -0.05) is 0 Å². The SMILES string of the molecule is Nc1ncc(S(=O)(=O)c2ccc3c(c2)OCO3)cn1. The summed E-state index contributed by atoms with van der Waals surface area (Å²) in [5.41, 5.74) is 5.33. The number of benzene rings is 1. The summed E-state index contributed by atoms with van der Waals surface area (Å²) in [6, 6.07) is 4.40. The van der Waals surface area contributed by atoms with Crippen LogP contribution in [0.15, 0.2) is 40.4 Å². The van der Waals surface area contributed by atoms with Crippen LogP contribution in [0.2, 0.25) is 0 Å². The standard InChI is InChI=1S/C11H9N3O4S/c12-11-13-4-8(5-14-11)19(15,16)7-1-2-9-10(3-7)18-6-17-9/h1-5H,6H2,(H2,12,13,14). The van der Waals surface area contributed by atoms with Crippen LogP contribution in [0.5, 0.6) is 11.5 Å². The van der Waals surface area contributed by atoms with Gasteiger partial charge in [0.15, 0.2) is 11.5 Å². The lowest BCUT2D eigenvalue weighted by molar-refractivity contribution is 0.174. The van der Waals surface area contributed by atoms with Crippen LogP contribution in [0, 0.1) is 0 Å². The fraction of sp³-hybridized carbons (Fsp3) is 0.0909. The first-order valence-corrected chi connectivity index (χ1v) is 6.78. The monoisotopic (exact) mass is 279 g/mol. The summed E-state index contributed by atoms with van der Waals surface area (Å²) in [7, 11) is -3.69. The van der Waals surface area contributed by atoms with Crippen molar-refractivity contribution in [2.24, 2.45) is 0 Å². The van der Waals surface area contributed by atoms with E-state index in [-0.39, 0.29) is 22.5 Å². The second kappa shape index (κ2) is 4.09. The minimum Gasteiger partial charge on any atom is -0.454 e. The highest BCUT2D eigenvalue weighted by Crippen LogP contribution is 2.35. The van der Waals surface area contributed by atoms with Gasteiger partial charge in [0.1, 0.15) is 4.90 Å². The van der Waals surface area contributed by atoms with E-state index < -0.39 is 9.84 Å². The van der Waals surface area contributed by atoms with Crippen LogP contribution in [0.1, 0.15) is 0 Å². The number of sulfone groups is 1. The maximum absolute atomic E-state index is 12.3. The summed E-state index contributed by atoms with van der Waals surface area (Å²) in [4.78, 5) is 7.41. The second-order valence-electron chi connectivity index (χ2n) is 3.80. The van der Waals surface area contributed by atoms with Crippen molar-refractivity contribution in [1.82, 2.24) is 9.97 Å². The predicted octanol–water partition coefficient (Wildman–Crippen LogP) is 0.620. The molecule has 0 atom stereocenters. The van der Waals surface area contributed by atoms with Gasteiger partial charge in [-0.3, -0.25) is 0 Å². The zero-order chi connectivity index (χ0) is 13.5. The molecular weight excluding hydrogens is 270 g/mol. The van der Waals surface area contributed by atoms with Crippen LogP contribution in [-0.4, -0.2) is 25.2 Å². The average Bonchev–Trinajstić information content (AvgIpc) is 2.86. The molecule has 0 spiro atoms. The molecule has 3 rings (SSSR count). The smallest absolute Gasteiger partial charge is 0.231 e. The van der Waals surface area contributed by atoms with E-state index in [9.17, 15) is 8.42 Å². The molecule has 2 heterocycles. The zero-order valence-electron chi connectivity index (χ0n) is 9.61. The van der Waals surface area contributed by atoms with E-state index in [4.69, 9.17) is 15.2 Å². The van der Waals surface area contributed by atoms with Crippen molar-refractivity contribution in [2.75, 3.05) is 12.5 Å². The second-order valence-corrected chi connectivity index (χ2v) is 5.75. The number of anilines is 1. The van der Waals surface area contributed by atoms with Crippen LogP contribution >= 0.6 is 0 Å². The molecule has 1 aliphatic rings. The molecule has 2 aromatic rings. The highest BCUT2D eigenvalue weighted by atomic mass is 32.2. The van der Waals surface area contributed by atoms with Crippen molar-refractivity contribution < 1.29 is 17.9 Å². The number of aromatic nitrogens is 2. The van der Waals surface area contributed by atoms with Crippen molar-refractivity contribution in [2.45, 2.75) is 9.79 Å². The van der Waals surface area contributed by atoms with Gasteiger partial charge in [0, 0.05) is 6.07 Å². The fourth-order valence-corrected chi connectivity index (χ4v) is 2.81. The van der Waals surface area contributed by atoms with Crippen molar-refractivity contribution in [3.05, 3.63) is 30.6 Å². The lowest BCUT2D eigenvalue weighted by Gasteiger charge is -2.05. The largest absolute Gasteiger partial charge is 0.454 e. The highest BCUT2D eigenvalue weighted by Gasteiger charge is 2.22. The number of rotatable bonds is 2. The average molecular weight is 279 g/mol. The summed E-state index contributed by atoms with van der Waals surface area (Å²) in [5.74, 6) is 0.939. The van der Waals surface area contributed by atoms with E-state index in [2.05, 4.69) is 9.97 Å². The van der Waals surface area contributed by atoms with Gasteiger partial charge in [0.2, 0.25) is 22.6 Å². The Morgan fingerprint density at radius 1 is 1.05 bits per heavy atom. The van der Waals surface area contributed by atoms with Gasteiger partial charge >= 0.3 is 0 Å².